The molecule has 0 spiro atoms. The average Bonchev–Trinajstić information content (AvgIpc) is 2.31. The minimum absolute atomic E-state index is 0.0361. The van der Waals surface area contributed by atoms with Crippen LogP contribution in [0.5, 0.6) is 0 Å². The highest BCUT2D eigenvalue weighted by Gasteiger charge is 2.27. The summed E-state index contributed by atoms with van der Waals surface area (Å²) in [5.41, 5.74) is -0.335. The topological polar surface area (TPSA) is 79.5 Å². The number of H-pyrrole nitrogens is 1. The lowest BCUT2D eigenvalue weighted by Crippen LogP contribution is -2.35. The van der Waals surface area contributed by atoms with Gasteiger partial charge in [0, 0.05) is 18.8 Å². The molecular formula is C9H12N2O4S. The molecular weight excluding hydrogens is 232 g/mol. The lowest BCUT2D eigenvalue weighted by atomic mass is 10.3. The monoisotopic (exact) mass is 244 g/mol. The van der Waals surface area contributed by atoms with Crippen LogP contribution in [0.4, 0.5) is 0 Å². The van der Waals surface area contributed by atoms with Gasteiger partial charge in [0.2, 0.25) is 5.56 Å². The molecule has 1 saturated heterocycles. The number of aromatic amines is 1. The Kier molecular flexibility index (Phi) is 3.08. The smallest absolute Gasteiger partial charge is 0.266 e. The molecule has 0 atom stereocenters. The zero-order valence-electron chi connectivity index (χ0n) is 8.55. The van der Waals surface area contributed by atoms with Gasteiger partial charge in [-0.1, -0.05) is 4.47 Å². The Bertz CT molecular complexity index is 496. The van der Waals surface area contributed by atoms with Gasteiger partial charge in [-0.15, -0.1) is 0 Å². The first-order chi connectivity index (χ1) is 7.60. The van der Waals surface area contributed by atoms with E-state index >= 15 is 0 Å². The van der Waals surface area contributed by atoms with Crippen LogP contribution in [0.15, 0.2) is 28.0 Å². The fourth-order valence-corrected chi connectivity index (χ4v) is 2.70. The van der Waals surface area contributed by atoms with Crippen molar-refractivity contribution in [2.75, 3.05) is 13.2 Å². The Balaban J connectivity index is 2.30. The van der Waals surface area contributed by atoms with E-state index in [9.17, 15) is 13.2 Å². The first-order valence-electron chi connectivity index (χ1n) is 4.95. The van der Waals surface area contributed by atoms with E-state index in [2.05, 4.69) is 4.98 Å². The van der Waals surface area contributed by atoms with Crippen LogP contribution in [0.1, 0.15) is 12.8 Å². The van der Waals surface area contributed by atoms with Crippen molar-refractivity contribution in [3.05, 3.63) is 28.7 Å². The number of pyridine rings is 1. The van der Waals surface area contributed by atoms with Crippen molar-refractivity contribution in [1.29, 1.82) is 0 Å². The molecule has 0 bridgehead atoms. The quantitative estimate of drug-likeness (QED) is 0.799. The lowest BCUT2D eigenvalue weighted by Gasteiger charge is -2.24. The van der Waals surface area contributed by atoms with E-state index in [1.165, 1.54) is 18.3 Å². The molecule has 0 saturated carbocycles. The molecule has 0 aliphatic carbocycles. The van der Waals surface area contributed by atoms with Crippen LogP contribution in [0.25, 0.3) is 0 Å². The lowest BCUT2D eigenvalue weighted by molar-refractivity contribution is -0.108. The van der Waals surface area contributed by atoms with E-state index in [-0.39, 0.29) is 10.5 Å². The summed E-state index contributed by atoms with van der Waals surface area (Å²) in [5.74, 6) is 0. The summed E-state index contributed by atoms with van der Waals surface area (Å²) in [5, 5.41) is 0. The molecule has 7 heteroatoms. The zero-order valence-corrected chi connectivity index (χ0v) is 9.37. The number of hydroxylamine groups is 1. The summed E-state index contributed by atoms with van der Waals surface area (Å²) >= 11 is 0. The minimum Gasteiger partial charge on any atom is -0.328 e. The summed E-state index contributed by atoms with van der Waals surface area (Å²) in [6.45, 7) is 0.754. The highest BCUT2D eigenvalue weighted by molar-refractivity contribution is 7.89. The zero-order chi connectivity index (χ0) is 11.6. The molecule has 1 aliphatic rings. The minimum atomic E-state index is -3.64. The van der Waals surface area contributed by atoms with Crippen LogP contribution in [-0.4, -0.2) is 31.0 Å². The standard InChI is InChI=1S/C9H12N2O4S/c12-9-4-3-8(7-10-9)16(13,14)11-5-1-2-6-15-11/h3-4,7H,1-2,5-6H2,(H,10,12). The van der Waals surface area contributed by atoms with Gasteiger partial charge in [0.1, 0.15) is 4.90 Å². The molecule has 1 fully saturated rings. The van der Waals surface area contributed by atoms with Gasteiger partial charge >= 0.3 is 0 Å². The van der Waals surface area contributed by atoms with E-state index in [0.29, 0.717) is 13.2 Å². The molecule has 1 aliphatic heterocycles. The van der Waals surface area contributed by atoms with Gasteiger partial charge in [0.05, 0.1) is 6.61 Å². The van der Waals surface area contributed by atoms with E-state index in [1.54, 1.807) is 0 Å². The second-order valence-electron chi connectivity index (χ2n) is 3.46. The third kappa shape index (κ3) is 2.16. The van der Waals surface area contributed by atoms with Crippen LogP contribution in [0.2, 0.25) is 0 Å². The van der Waals surface area contributed by atoms with Gasteiger partial charge < -0.3 is 4.98 Å². The molecule has 88 valence electrons. The number of nitrogens with one attached hydrogen (secondary N) is 1. The molecule has 1 N–H and O–H groups in total. The van der Waals surface area contributed by atoms with Crippen molar-refractivity contribution in [3.8, 4) is 0 Å². The molecule has 1 aromatic heterocycles. The number of hydrogen-bond donors (Lipinski definition) is 1. The maximum atomic E-state index is 12.0. The Morgan fingerprint density at radius 1 is 1.31 bits per heavy atom. The van der Waals surface area contributed by atoms with Gasteiger partial charge in [0.15, 0.2) is 0 Å². The largest absolute Gasteiger partial charge is 0.328 e. The average molecular weight is 244 g/mol. The van der Waals surface area contributed by atoms with Crippen molar-refractivity contribution < 1.29 is 13.3 Å². The van der Waals surface area contributed by atoms with Crippen molar-refractivity contribution in [2.45, 2.75) is 17.7 Å². The molecule has 0 radical (unpaired) electrons. The van der Waals surface area contributed by atoms with Gasteiger partial charge in [0.25, 0.3) is 10.0 Å². The first kappa shape index (κ1) is 11.3. The van der Waals surface area contributed by atoms with Gasteiger partial charge in [-0.05, 0) is 18.9 Å². The number of hydrogen-bond acceptors (Lipinski definition) is 4. The van der Waals surface area contributed by atoms with Crippen molar-refractivity contribution in [1.82, 2.24) is 9.45 Å². The van der Waals surface area contributed by atoms with Crippen molar-refractivity contribution >= 4 is 10.0 Å². The Hall–Kier alpha value is -1.18. The molecule has 2 heterocycles. The van der Waals surface area contributed by atoms with Crippen molar-refractivity contribution in [2.24, 2.45) is 0 Å². The maximum Gasteiger partial charge on any atom is 0.266 e. The summed E-state index contributed by atoms with van der Waals surface area (Å²) in [6, 6.07) is 2.45. The number of nitrogens with zero attached hydrogens (tertiary/aromatic N) is 1. The first-order valence-corrected chi connectivity index (χ1v) is 6.39. The number of sulfonamides is 1. The van der Waals surface area contributed by atoms with Crippen LogP contribution < -0.4 is 5.56 Å². The Labute approximate surface area is 92.9 Å². The van der Waals surface area contributed by atoms with Gasteiger partial charge in [-0.3, -0.25) is 9.63 Å². The molecule has 0 aromatic carbocycles. The van der Waals surface area contributed by atoms with Crippen LogP contribution >= 0.6 is 0 Å². The third-order valence-corrected chi connectivity index (χ3v) is 3.97. The van der Waals surface area contributed by atoms with Gasteiger partial charge in [-0.2, -0.15) is 0 Å². The van der Waals surface area contributed by atoms with E-state index in [1.807, 2.05) is 0 Å². The molecule has 1 aromatic rings. The van der Waals surface area contributed by atoms with E-state index in [0.717, 1.165) is 17.3 Å². The van der Waals surface area contributed by atoms with E-state index < -0.39 is 10.0 Å². The third-order valence-electron chi connectivity index (χ3n) is 2.29. The Morgan fingerprint density at radius 3 is 2.69 bits per heavy atom. The van der Waals surface area contributed by atoms with E-state index in [4.69, 9.17) is 4.84 Å². The van der Waals surface area contributed by atoms with Crippen LogP contribution in [-0.2, 0) is 14.9 Å². The predicted octanol–water partition coefficient (Wildman–Crippen LogP) is 0.0910. The van der Waals surface area contributed by atoms with Gasteiger partial charge in [-0.25, -0.2) is 8.42 Å². The highest BCUT2D eigenvalue weighted by atomic mass is 32.2. The molecule has 16 heavy (non-hydrogen) atoms. The molecule has 6 nitrogen and oxygen atoms in total. The normalized spacial score (nSPS) is 18.5. The molecule has 2 rings (SSSR count). The molecule has 0 unspecified atom stereocenters. The molecule has 0 amide bonds. The highest BCUT2D eigenvalue weighted by Crippen LogP contribution is 2.17. The Morgan fingerprint density at radius 2 is 2.12 bits per heavy atom. The second kappa shape index (κ2) is 4.36. The fraction of sp³-hybridized carbons (Fsp3) is 0.444. The number of rotatable bonds is 2. The maximum absolute atomic E-state index is 12.0. The number of aromatic nitrogens is 1. The fourth-order valence-electron chi connectivity index (χ4n) is 1.44. The summed E-state index contributed by atoms with van der Waals surface area (Å²) in [6.07, 6.45) is 2.82. The predicted molar refractivity (Wildman–Crippen MR) is 56.1 cm³/mol. The second-order valence-corrected chi connectivity index (χ2v) is 5.29. The summed E-state index contributed by atoms with van der Waals surface area (Å²) < 4.78 is 24.9. The summed E-state index contributed by atoms with van der Waals surface area (Å²) in [7, 11) is -3.64. The summed E-state index contributed by atoms with van der Waals surface area (Å²) in [4.78, 5) is 18.3. The SMILES string of the molecule is O=c1ccc(S(=O)(=O)N2CCCCO2)c[nH]1. The van der Waals surface area contributed by atoms with Crippen LogP contribution in [0.3, 0.4) is 0 Å². The van der Waals surface area contributed by atoms with Crippen LogP contribution in [0, 0.1) is 0 Å². The van der Waals surface area contributed by atoms with Crippen molar-refractivity contribution in [3.63, 3.8) is 0 Å².